The van der Waals surface area contributed by atoms with E-state index in [9.17, 15) is 4.79 Å². The van der Waals surface area contributed by atoms with E-state index in [-0.39, 0.29) is 5.91 Å². The van der Waals surface area contributed by atoms with Crippen molar-refractivity contribution >= 4 is 33.5 Å². The normalized spacial score (nSPS) is 15.9. The van der Waals surface area contributed by atoms with E-state index in [2.05, 4.69) is 43.5 Å². The number of carbonyl (C=O) groups excluding carboxylic acids is 1. The molecule has 0 saturated carbocycles. The predicted molar refractivity (Wildman–Crippen MR) is 78.4 cm³/mol. The maximum atomic E-state index is 11.6. The number of hydrogen-bond acceptors (Lipinski definition) is 5. The van der Waals surface area contributed by atoms with Crippen molar-refractivity contribution in [1.82, 2.24) is 15.3 Å². The van der Waals surface area contributed by atoms with Crippen molar-refractivity contribution in [2.45, 2.75) is 19.8 Å². The van der Waals surface area contributed by atoms with E-state index in [4.69, 9.17) is 0 Å². The Morgan fingerprint density at radius 3 is 3.16 bits per heavy atom. The largest absolute Gasteiger partial charge is 0.369 e. The number of aromatic nitrogens is 2. The fraction of sp³-hybridized carbons (Fsp3) is 0.583. The third-order valence-corrected chi connectivity index (χ3v) is 3.60. The van der Waals surface area contributed by atoms with Crippen molar-refractivity contribution in [1.29, 1.82) is 0 Å². The van der Waals surface area contributed by atoms with Crippen molar-refractivity contribution < 1.29 is 4.79 Å². The lowest BCUT2D eigenvalue weighted by atomic mass is 10.3. The predicted octanol–water partition coefficient (Wildman–Crippen LogP) is 1.39. The van der Waals surface area contributed by atoms with Crippen molar-refractivity contribution in [3.63, 3.8) is 0 Å². The molecule has 2 N–H and O–H groups in total. The number of carbonyl (C=O) groups is 1. The van der Waals surface area contributed by atoms with Gasteiger partial charge in [0.25, 0.3) is 0 Å². The molecule has 0 atom stereocenters. The van der Waals surface area contributed by atoms with E-state index in [0.717, 1.165) is 48.6 Å². The average Bonchev–Trinajstić information content (AvgIpc) is 2.62. The lowest BCUT2D eigenvalue weighted by Crippen LogP contribution is -2.33. The van der Waals surface area contributed by atoms with Gasteiger partial charge in [-0.1, -0.05) is 6.92 Å². The lowest BCUT2D eigenvalue weighted by molar-refractivity contribution is -0.119. The third kappa shape index (κ3) is 3.56. The maximum absolute atomic E-state index is 11.6. The summed E-state index contributed by atoms with van der Waals surface area (Å²) in [6.07, 6.45) is 3.47. The Kier molecular flexibility index (Phi) is 4.95. The zero-order valence-electron chi connectivity index (χ0n) is 10.9. The Labute approximate surface area is 121 Å². The van der Waals surface area contributed by atoms with E-state index in [1.807, 2.05) is 4.90 Å². The lowest BCUT2D eigenvalue weighted by Gasteiger charge is -2.22. The summed E-state index contributed by atoms with van der Waals surface area (Å²) in [5.41, 5.74) is 0. The molecule has 2 heterocycles. The van der Waals surface area contributed by atoms with Gasteiger partial charge in [-0.25, -0.2) is 9.97 Å². The average molecular weight is 328 g/mol. The highest BCUT2D eigenvalue weighted by Crippen LogP contribution is 2.29. The summed E-state index contributed by atoms with van der Waals surface area (Å²) in [5.74, 6) is 1.58. The molecule has 6 nitrogen and oxygen atoms in total. The highest BCUT2D eigenvalue weighted by atomic mass is 79.9. The first-order chi connectivity index (χ1) is 9.22. The zero-order valence-corrected chi connectivity index (χ0v) is 12.5. The Bertz CT molecular complexity index is 454. The highest BCUT2D eigenvalue weighted by molar-refractivity contribution is 9.10. The smallest absolute Gasteiger partial charge is 0.239 e. The number of rotatable bonds is 4. The van der Waals surface area contributed by atoms with Crippen LogP contribution in [0.4, 0.5) is 11.6 Å². The summed E-state index contributed by atoms with van der Waals surface area (Å²) >= 11 is 3.53. The maximum Gasteiger partial charge on any atom is 0.239 e. The summed E-state index contributed by atoms with van der Waals surface area (Å²) in [4.78, 5) is 22.1. The van der Waals surface area contributed by atoms with Crippen molar-refractivity contribution in [2.75, 3.05) is 36.4 Å². The molecule has 2 rings (SSSR count). The first kappa shape index (κ1) is 14.0. The van der Waals surface area contributed by atoms with Gasteiger partial charge in [-0.3, -0.25) is 4.79 Å². The summed E-state index contributed by atoms with van der Waals surface area (Å²) in [5, 5.41) is 6.10. The first-order valence-electron chi connectivity index (χ1n) is 6.48. The first-order valence-corrected chi connectivity index (χ1v) is 7.27. The molecule has 0 radical (unpaired) electrons. The molecule has 7 heteroatoms. The molecule has 0 aliphatic carbocycles. The molecule has 0 unspecified atom stereocenters. The minimum absolute atomic E-state index is 0.0334. The Morgan fingerprint density at radius 1 is 1.53 bits per heavy atom. The molecule has 0 bridgehead atoms. The zero-order chi connectivity index (χ0) is 13.7. The van der Waals surface area contributed by atoms with Crippen LogP contribution in [-0.4, -0.2) is 42.1 Å². The van der Waals surface area contributed by atoms with Gasteiger partial charge in [0.05, 0.1) is 6.54 Å². The Morgan fingerprint density at radius 2 is 2.37 bits per heavy atom. The van der Waals surface area contributed by atoms with E-state index in [0.29, 0.717) is 6.54 Å². The molecule has 1 aromatic heterocycles. The van der Waals surface area contributed by atoms with Gasteiger partial charge < -0.3 is 15.5 Å². The molecule has 0 spiro atoms. The molecular weight excluding hydrogens is 310 g/mol. The quantitative estimate of drug-likeness (QED) is 0.874. The molecule has 0 aromatic carbocycles. The van der Waals surface area contributed by atoms with Crippen LogP contribution in [0.2, 0.25) is 0 Å². The van der Waals surface area contributed by atoms with Gasteiger partial charge >= 0.3 is 0 Å². The molecule has 1 aromatic rings. The minimum Gasteiger partial charge on any atom is -0.369 e. The number of anilines is 2. The van der Waals surface area contributed by atoms with Crippen LogP contribution >= 0.6 is 15.9 Å². The van der Waals surface area contributed by atoms with Crippen LogP contribution in [-0.2, 0) is 4.79 Å². The molecule has 1 aliphatic heterocycles. The Balaban J connectivity index is 2.20. The van der Waals surface area contributed by atoms with Gasteiger partial charge in [-0.15, -0.1) is 0 Å². The molecular formula is C12H18BrN5O. The van der Waals surface area contributed by atoms with E-state index < -0.39 is 0 Å². The monoisotopic (exact) mass is 327 g/mol. The van der Waals surface area contributed by atoms with Gasteiger partial charge in [0.15, 0.2) is 0 Å². The fourth-order valence-electron chi connectivity index (χ4n) is 1.93. The SMILES string of the molecule is CCCNc1ncnc(N2CCCNC(=O)C2)c1Br. The number of nitrogens with one attached hydrogen (secondary N) is 2. The molecule has 104 valence electrons. The van der Waals surface area contributed by atoms with Crippen LogP contribution in [0.5, 0.6) is 0 Å². The van der Waals surface area contributed by atoms with E-state index in [1.165, 1.54) is 6.33 Å². The summed E-state index contributed by atoms with van der Waals surface area (Å²) in [6.45, 7) is 4.82. The van der Waals surface area contributed by atoms with Gasteiger partial charge in [0, 0.05) is 19.6 Å². The van der Waals surface area contributed by atoms with Crippen LogP contribution in [0.25, 0.3) is 0 Å². The van der Waals surface area contributed by atoms with Crippen molar-refractivity contribution in [3.05, 3.63) is 10.8 Å². The molecule has 1 fully saturated rings. The second-order valence-electron chi connectivity index (χ2n) is 4.41. The van der Waals surface area contributed by atoms with Crippen molar-refractivity contribution in [3.8, 4) is 0 Å². The van der Waals surface area contributed by atoms with Crippen LogP contribution < -0.4 is 15.5 Å². The second kappa shape index (κ2) is 6.70. The van der Waals surface area contributed by atoms with E-state index in [1.54, 1.807) is 0 Å². The number of nitrogens with zero attached hydrogens (tertiary/aromatic N) is 3. The molecule has 19 heavy (non-hydrogen) atoms. The van der Waals surface area contributed by atoms with Gasteiger partial charge in [-0.2, -0.15) is 0 Å². The van der Waals surface area contributed by atoms with Crippen molar-refractivity contribution in [2.24, 2.45) is 0 Å². The summed E-state index contributed by atoms with van der Waals surface area (Å²) in [6, 6.07) is 0. The van der Waals surface area contributed by atoms with Gasteiger partial charge in [0.2, 0.25) is 5.91 Å². The topological polar surface area (TPSA) is 70.2 Å². The molecule has 1 aliphatic rings. The fourth-order valence-corrected chi connectivity index (χ4v) is 2.53. The Hall–Kier alpha value is -1.37. The van der Waals surface area contributed by atoms with Crippen LogP contribution in [0.15, 0.2) is 10.8 Å². The standard InChI is InChI=1S/C12H18BrN5O/c1-2-4-15-11-10(13)12(17-8-16-11)18-6-3-5-14-9(19)7-18/h8H,2-7H2,1H3,(H,14,19)(H,15,16,17). The number of amides is 1. The number of halogens is 1. The van der Waals surface area contributed by atoms with Gasteiger partial charge in [0.1, 0.15) is 22.4 Å². The van der Waals surface area contributed by atoms with Gasteiger partial charge in [-0.05, 0) is 28.8 Å². The van der Waals surface area contributed by atoms with Crippen LogP contribution in [0.3, 0.4) is 0 Å². The van der Waals surface area contributed by atoms with E-state index >= 15 is 0 Å². The summed E-state index contributed by atoms with van der Waals surface area (Å²) < 4.78 is 0.818. The highest BCUT2D eigenvalue weighted by Gasteiger charge is 2.20. The van der Waals surface area contributed by atoms with Crippen LogP contribution in [0, 0.1) is 0 Å². The number of hydrogen-bond donors (Lipinski definition) is 2. The third-order valence-electron chi connectivity index (χ3n) is 2.87. The molecule has 1 saturated heterocycles. The summed E-state index contributed by atoms with van der Waals surface area (Å²) in [7, 11) is 0. The molecule has 1 amide bonds. The second-order valence-corrected chi connectivity index (χ2v) is 5.20. The minimum atomic E-state index is 0.0334. The van der Waals surface area contributed by atoms with Crippen LogP contribution in [0.1, 0.15) is 19.8 Å².